The topological polar surface area (TPSA) is 101 Å². The molecule has 1 saturated heterocycles. The summed E-state index contributed by atoms with van der Waals surface area (Å²) in [7, 11) is 1.85. The molecule has 9 heteroatoms. The molecule has 0 aliphatic carbocycles. The lowest BCUT2D eigenvalue weighted by molar-refractivity contribution is -0.126. The molecule has 5 rings (SSSR count). The molecule has 188 valence electrons. The van der Waals surface area contributed by atoms with Gasteiger partial charge in [-0.3, -0.25) is 19.1 Å². The number of carbonyl (C=O) groups excluding carboxylic acids is 3. The first-order valence-corrected chi connectivity index (χ1v) is 12.4. The fourth-order valence-corrected chi connectivity index (χ4v) is 5.09. The first kappa shape index (κ1) is 23.8. The van der Waals surface area contributed by atoms with Crippen LogP contribution in [0.5, 0.6) is 0 Å². The molecule has 4 heterocycles. The Morgan fingerprint density at radius 3 is 2.44 bits per heavy atom. The van der Waals surface area contributed by atoms with E-state index in [4.69, 9.17) is 4.42 Å². The van der Waals surface area contributed by atoms with Crippen LogP contribution >= 0.6 is 0 Å². The van der Waals surface area contributed by atoms with Crippen molar-refractivity contribution >= 4 is 17.7 Å². The largest absolute Gasteiger partial charge is 0.465 e. The Balaban J connectivity index is 1.21. The quantitative estimate of drug-likeness (QED) is 0.594. The van der Waals surface area contributed by atoms with E-state index in [1.54, 1.807) is 14.5 Å². The molecule has 3 aromatic rings. The van der Waals surface area contributed by atoms with Gasteiger partial charge in [-0.05, 0) is 44.0 Å². The van der Waals surface area contributed by atoms with Crippen LogP contribution < -0.4 is 5.32 Å². The zero-order valence-corrected chi connectivity index (χ0v) is 20.7. The monoisotopic (exact) mass is 489 g/mol. The number of furan rings is 1. The van der Waals surface area contributed by atoms with Gasteiger partial charge in [0.1, 0.15) is 11.5 Å². The van der Waals surface area contributed by atoms with E-state index in [1.807, 2.05) is 56.4 Å². The van der Waals surface area contributed by atoms with Crippen molar-refractivity contribution in [1.29, 1.82) is 0 Å². The number of carbonyl (C=O) groups is 3. The highest BCUT2D eigenvalue weighted by Crippen LogP contribution is 2.26. The van der Waals surface area contributed by atoms with E-state index >= 15 is 0 Å². The third-order valence-electron chi connectivity index (χ3n) is 7.14. The van der Waals surface area contributed by atoms with E-state index in [-0.39, 0.29) is 23.6 Å². The summed E-state index contributed by atoms with van der Waals surface area (Å²) in [4.78, 5) is 42.6. The molecular weight excluding hydrogens is 458 g/mol. The van der Waals surface area contributed by atoms with Crippen LogP contribution in [0.2, 0.25) is 0 Å². The van der Waals surface area contributed by atoms with Gasteiger partial charge in [0.25, 0.3) is 11.8 Å². The Kier molecular flexibility index (Phi) is 6.63. The van der Waals surface area contributed by atoms with E-state index < -0.39 is 0 Å². The van der Waals surface area contributed by atoms with Crippen LogP contribution in [-0.2, 0) is 31.4 Å². The Hall–Kier alpha value is -3.88. The van der Waals surface area contributed by atoms with E-state index in [0.717, 1.165) is 22.8 Å². The highest BCUT2D eigenvalue weighted by Gasteiger charge is 2.34. The molecule has 1 N–H and O–H groups in total. The average molecular weight is 490 g/mol. The maximum Gasteiger partial charge on any atom is 0.274 e. The summed E-state index contributed by atoms with van der Waals surface area (Å²) in [5.41, 5.74) is 2.87. The van der Waals surface area contributed by atoms with Crippen LogP contribution in [0.1, 0.15) is 56.5 Å². The molecular formula is C27H31N5O4. The molecule has 2 aliphatic heterocycles. The minimum absolute atomic E-state index is 0.0126. The highest BCUT2D eigenvalue weighted by atomic mass is 16.3. The summed E-state index contributed by atoms with van der Waals surface area (Å²) < 4.78 is 7.28. The maximum absolute atomic E-state index is 13.5. The number of fused-ring (bicyclic) bond motifs is 1. The summed E-state index contributed by atoms with van der Waals surface area (Å²) in [6.07, 6.45) is 1.85. The van der Waals surface area contributed by atoms with Crippen molar-refractivity contribution in [1.82, 2.24) is 24.9 Å². The van der Waals surface area contributed by atoms with Crippen molar-refractivity contribution in [2.75, 3.05) is 19.6 Å². The van der Waals surface area contributed by atoms with Gasteiger partial charge in [0, 0.05) is 55.8 Å². The van der Waals surface area contributed by atoms with Gasteiger partial charge in [0.2, 0.25) is 5.91 Å². The summed E-state index contributed by atoms with van der Waals surface area (Å²) in [6.45, 7) is 4.18. The molecule has 0 saturated carbocycles. The summed E-state index contributed by atoms with van der Waals surface area (Å²) in [5.74, 6) is 1.22. The van der Waals surface area contributed by atoms with Crippen LogP contribution in [0, 0.1) is 12.8 Å². The molecule has 2 aliphatic rings. The van der Waals surface area contributed by atoms with Crippen molar-refractivity contribution in [3.05, 3.63) is 76.5 Å². The molecule has 0 spiro atoms. The standard InChI is InChI=1S/C27H31N5O4/c1-18-8-9-21(36-18)16-28-25(33)19-10-13-31(14-11-19)27(35)24-22-17-32(15-12-23(22)30(2)29-24)26(34)20-6-4-3-5-7-20/h3-9,19H,10-17H2,1-2H3,(H,28,33). The first-order valence-electron chi connectivity index (χ1n) is 12.4. The van der Waals surface area contributed by atoms with E-state index in [2.05, 4.69) is 10.4 Å². The van der Waals surface area contributed by atoms with Gasteiger partial charge >= 0.3 is 0 Å². The Morgan fingerprint density at radius 2 is 1.75 bits per heavy atom. The number of nitrogens with one attached hydrogen (secondary N) is 1. The Morgan fingerprint density at radius 1 is 1.00 bits per heavy atom. The molecule has 36 heavy (non-hydrogen) atoms. The van der Waals surface area contributed by atoms with Crippen molar-refractivity contribution < 1.29 is 18.8 Å². The minimum atomic E-state index is -0.137. The average Bonchev–Trinajstić information content (AvgIpc) is 3.49. The second kappa shape index (κ2) is 10.0. The molecule has 0 unspecified atom stereocenters. The van der Waals surface area contributed by atoms with Gasteiger partial charge in [0.05, 0.1) is 13.1 Å². The molecule has 3 amide bonds. The molecule has 9 nitrogen and oxygen atoms in total. The normalized spacial score (nSPS) is 16.1. The van der Waals surface area contributed by atoms with Gasteiger partial charge in [-0.2, -0.15) is 5.10 Å². The van der Waals surface area contributed by atoms with Gasteiger partial charge in [0.15, 0.2) is 5.69 Å². The lowest BCUT2D eigenvalue weighted by Gasteiger charge is -2.32. The number of amides is 3. The predicted molar refractivity (Wildman–Crippen MR) is 132 cm³/mol. The third-order valence-corrected chi connectivity index (χ3v) is 7.14. The number of benzene rings is 1. The zero-order chi connectivity index (χ0) is 25.2. The smallest absolute Gasteiger partial charge is 0.274 e. The number of likely N-dealkylation sites (tertiary alicyclic amines) is 1. The molecule has 2 aromatic heterocycles. The number of hydrogen-bond acceptors (Lipinski definition) is 5. The van der Waals surface area contributed by atoms with Crippen LogP contribution in [0.3, 0.4) is 0 Å². The summed E-state index contributed by atoms with van der Waals surface area (Å²) in [6, 6.07) is 12.9. The maximum atomic E-state index is 13.5. The number of aryl methyl sites for hydroxylation is 2. The lowest BCUT2D eigenvalue weighted by Crippen LogP contribution is -2.43. The second-order valence-electron chi connectivity index (χ2n) is 9.54. The third kappa shape index (κ3) is 4.78. The predicted octanol–water partition coefficient (Wildman–Crippen LogP) is 2.69. The van der Waals surface area contributed by atoms with E-state index in [0.29, 0.717) is 63.2 Å². The van der Waals surface area contributed by atoms with Crippen molar-refractivity contribution in [3.63, 3.8) is 0 Å². The summed E-state index contributed by atoms with van der Waals surface area (Å²) >= 11 is 0. The van der Waals surface area contributed by atoms with E-state index in [1.165, 1.54) is 0 Å². The van der Waals surface area contributed by atoms with Crippen LogP contribution in [-0.4, -0.2) is 56.9 Å². The van der Waals surface area contributed by atoms with Gasteiger partial charge in [-0.1, -0.05) is 18.2 Å². The molecule has 0 bridgehead atoms. The molecule has 1 fully saturated rings. The van der Waals surface area contributed by atoms with Gasteiger partial charge in [-0.15, -0.1) is 0 Å². The zero-order valence-electron chi connectivity index (χ0n) is 20.7. The van der Waals surface area contributed by atoms with Crippen LogP contribution in [0.15, 0.2) is 46.9 Å². The van der Waals surface area contributed by atoms with Crippen molar-refractivity contribution in [2.45, 2.75) is 39.3 Å². The van der Waals surface area contributed by atoms with Gasteiger partial charge in [-0.25, -0.2) is 0 Å². The minimum Gasteiger partial charge on any atom is -0.465 e. The Labute approximate surface area is 210 Å². The van der Waals surface area contributed by atoms with Crippen LogP contribution in [0.25, 0.3) is 0 Å². The summed E-state index contributed by atoms with van der Waals surface area (Å²) in [5, 5.41) is 7.49. The lowest BCUT2D eigenvalue weighted by atomic mass is 9.95. The first-order chi connectivity index (χ1) is 17.4. The molecule has 0 atom stereocenters. The molecule has 1 aromatic carbocycles. The van der Waals surface area contributed by atoms with Crippen molar-refractivity contribution in [2.24, 2.45) is 13.0 Å². The second-order valence-corrected chi connectivity index (χ2v) is 9.54. The number of piperidine rings is 1. The van der Waals surface area contributed by atoms with E-state index in [9.17, 15) is 14.4 Å². The number of aromatic nitrogens is 2. The number of rotatable bonds is 5. The number of nitrogens with zero attached hydrogens (tertiary/aromatic N) is 4. The van der Waals surface area contributed by atoms with Crippen LogP contribution in [0.4, 0.5) is 0 Å². The fourth-order valence-electron chi connectivity index (χ4n) is 5.09. The number of hydrogen-bond donors (Lipinski definition) is 1. The highest BCUT2D eigenvalue weighted by molar-refractivity contribution is 5.96. The van der Waals surface area contributed by atoms with Crippen molar-refractivity contribution in [3.8, 4) is 0 Å². The molecule has 0 radical (unpaired) electrons. The van der Waals surface area contributed by atoms with Gasteiger partial charge < -0.3 is 19.5 Å². The Bertz CT molecular complexity index is 1270. The SMILES string of the molecule is Cc1ccc(CNC(=O)C2CCN(C(=O)c3nn(C)c4c3CN(C(=O)c3ccccc3)CC4)CC2)o1. The fraction of sp³-hybridized carbons (Fsp3) is 0.407.